The van der Waals surface area contributed by atoms with Crippen LogP contribution in [0.5, 0.6) is 0 Å². The van der Waals surface area contributed by atoms with Gasteiger partial charge in [-0.05, 0) is 48.6 Å². The number of aromatic nitrogens is 3. The van der Waals surface area contributed by atoms with E-state index in [2.05, 4.69) is 21.9 Å². The van der Waals surface area contributed by atoms with Crippen LogP contribution in [0.3, 0.4) is 0 Å². The second-order valence-electron chi connectivity index (χ2n) is 6.32. The molecule has 0 fully saturated rings. The Bertz CT molecular complexity index is 987. The molecule has 0 aromatic carbocycles. The quantitative estimate of drug-likeness (QED) is 0.478. The van der Waals surface area contributed by atoms with Crippen LogP contribution in [0, 0.1) is 5.92 Å². The first-order valence-electron chi connectivity index (χ1n) is 7.98. The van der Waals surface area contributed by atoms with Crippen LogP contribution in [0.25, 0.3) is 10.2 Å². The third-order valence-electron chi connectivity index (χ3n) is 4.39. The molecule has 1 aliphatic rings. The van der Waals surface area contributed by atoms with Crippen LogP contribution >= 0.6 is 34.7 Å². The maximum absolute atomic E-state index is 12.8. The minimum atomic E-state index is -4.47. The molecule has 1 aliphatic carbocycles. The number of aryl methyl sites for hydroxylation is 1. The van der Waals surface area contributed by atoms with Crippen LogP contribution in [0.15, 0.2) is 28.6 Å². The van der Waals surface area contributed by atoms with Gasteiger partial charge in [-0.25, -0.2) is 15.0 Å². The summed E-state index contributed by atoms with van der Waals surface area (Å²) in [5.41, 5.74) is 0.399. The summed E-state index contributed by atoms with van der Waals surface area (Å²) in [7, 11) is 0. The molecule has 26 heavy (non-hydrogen) atoms. The van der Waals surface area contributed by atoms with Gasteiger partial charge in [0.2, 0.25) is 0 Å². The first-order chi connectivity index (χ1) is 12.3. The molecule has 0 saturated carbocycles. The largest absolute Gasteiger partial charge is 0.417 e. The molecule has 0 spiro atoms. The van der Waals surface area contributed by atoms with E-state index in [1.807, 2.05) is 0 Å². The lowest BCUT2D eigenvalue weighted by molar-refractivity contribution is -0.137. The third-order valence-corrected chi connectivity index (χ3v) is 6.97. The van der Waals surface area contributed by atoms with Crippen molar-refractivity contribution in [3.63, 3.8) is 0 Å². The highest BCUT2D eigenvalue weighted by molar-refractivity contribution is 7.99. The Morgan fingerprint density at radius 3 is 2.77 bits per heavy atom. The zero-order valence-corrected chi connectivity index (χ0v) is 16.0. The van der Waals surface area contributed by atoms with Gasteiger partial charge in [0.15, 0.2) is 0 Å². The summed E-state index contributed by atoms with van der Waals surface area (Å²) < 4.78 is 38.4. The summed E-state index contributed by atoms with van der Waals surface area (Å²) in [4.78, 5) is 14.9. The average Bonchev–Trinajstić information content (AvgIpc) is 2.94. The minimum absolute atomic E-state index is 0.0330. The number of fused-ring (bicyclic) bond motifs is 3. The Morgan fingerprint density at radius 2 is 2.04 bits per heavy atom. The van der Waals surface area contributed by atoms with E-state index in [1.54, 1.807) is 11.3 Å². The fraction of sp³-hybridized carbons (Fsp3) is 0.353. The van der Waals surface area contributed by atoms with Gasteiger partial charge in [0.25, 0.3) is 0 Å². The van der Waals surface area contributed by atoms with Gasteiger partial charge >= 0.3 is 6.18 Å². The van der Waals surface area contributed by atoms with Gasteiger partial charge in [0.05, 0.1) is 10.6 Å². The predicted octanol–water partition coefficient (Wildman–Crippen LogP) is 6.03. The highest BCUT2D eigenvalue weighted by Crippen LogP contribution is 2.43. The van der Waals surface area contributed by atoms with E-state index < -0.39 is 11.7 Å². The van der Waals surface area contributed by atoms with Crippen molar-refractivity contribution in [1.82, 2.24) is 15.0 Å². The van der Waals surface area contributed by atoms with Gasteiger partial charge in [0, 0.05) is 16.5 Å². The highest BCUT2D eigenvalue weighted by atomic mass is 35.5. The van der Waals surface area contributed by atoms with Crippen molar-refractivity contribution in [1.29, 1.82) is 0 Å². The van der Waals surface area contributed by atoms with Crippen LogP contribution < -0.4 is 0 Å². The second-order valence-corrected chi connectivity index (χ2v) is 8.79. The van der Waals surface area contributed by atoms with E-state index in [9.17, 15) is 13.2 Å². The summed E-state index contributed by atoms with van der Waals surface area (Å²) in [6, 6.07) is 0.903. The van der Waals surface area contributed by atoms with E-state index in [0.29, 0.717) is 16.0 Å². The molecule has 1 unspecified atom stereocenters. The van der Waals surface area contributed by atoms with Crippen molar-refractivity contribution in [3.8, 4) is 0 Å². The number of hydrogen-bond donors (Lipinski definition) is 0. The van der Waals surface area contributed by atoms with E-state index >= 15 is 0 Å². The zero-order chi connectivity index (χ0) is 18.5. The van der Waals surface area contributed by atoms with Gasteiger partial charge in [-0.3, -0.25) is 0 Å². The molecule has 1 atom stereocenters. The fourth-order valence-corrected chi connectivity index (χ4v) is 5.63. The third kappa shape index (κ3) is 3.30. The molecule has 0 amide bonds. The van der Waals surface area contributed by atoms with Gasteiger partial charge in [-0.2, -0.15) is 13.2 Å². The molecule has 4 rings (SSSR count). The molecule has 9 heteroatoms. The smallest absolute Gasteiger partial charge is 0.247 e. The van der Waals surface area contributed by atoms with Crippen molar-refractivity contribution in [3.05, 3.63) is 39.6 Å². The Hall–Kier alpha value is -1.38. The Balaban J connectivity index is 1.74. The molecular weight excluding hydrogens is 403 g/mol. The van der Waals surface area contributed by atoms with Gasteiger partial charge < -0.3 is 0 Å². The molecular formula is C17H13ClF3N3S2. The van der Waals surface area contributed by atoms with Gasteiger partial charge in [-0.15, -0.1) is 11.3 Å². The van der Waals surface area contributed by atoms with Crippen LogP contribution in [0.4, 0.5) is 13.2 Å². The van der Waals surface area contributed by atoms with E-state index in [-0.39, 0.29) is 5.02 Å². The molecule has 0 radical (unpaired) electrons. The molecule has 136 valence electrons. The number of rotatable bonds is 2. The van der Waals surface area contributed by atoms with Crippen molar-refractivity contribution in [2.45, 2.75) is 42.4 Å². The molecule has 0 N–H and O–H groups in total. The fourth-order valence-electron chi connectivity index (χ4n) is 3.07. The monoisotopic (exact) mass is 415 g/mol. The SMILES string of the molecule is CC1CCc2c(sc3ncnc(Sc4ncc(C(F)(F)F)cc4Cl)c23)C1. The van der Waals surface area contributed by atoms with Gasteiger partial charge in [-0.1, -0.05) is 18.5 Å². The first kappa shape index (κ1) is 18.0. The van der Waals surface area contributed by atoms with Crippen LogP contribution in [-0.2, 0) is 19.0 Å². The van der Waals surface area contributed by atoms with Crippen LogP contribution in [0.2, 0.25) is 5.02 Å². The topological polar surface area (TPSA) is 38.7 Å². The summed E-state index contributed by atoms with van der Waals surface area (Å²) in [6.07, 6.45) is 0.916. The molecule has 0 saturated heterocycles. The molecule has 3 nitrogen and oxygen atoms in total. The van der Waals surface area contributed by atoms with Crippen molar-refractivity contribution < 1.29 is 13.2 Å². The molecule has 0 aliphatic heterocycles. The standard InChI is InChI=1S/C17H13ClF3N3S2/c1-8-2-3-10-12(4-8)25-15-13(10)16(24-7-23-15)26-14-11(18)5-9(6-22-14)17(19,20)21/h5-8H,2-4H2,1H3. The minimum Gasteiger partial charge on any atom is -0.247 e. The Morgan fingerprint density at radius 1 is 1.23 bits per heavy atom. The highest BCUT2D eigenvalue weighted by Gasteiger charge is 2.32. The summed E-state index contributed by atoms with van der Waals surface area (Å²) in [5.74, 6) is 0.644. The van der Waals surface area contributed by atoms with Crippen molar-refractivity contribution >= 4 is 44.9 Å². The van der Waals surface area contributed by atoms with E-state index in [1.165, 1.54) is 28.5 Å². The number of halogens is 4. The average molecular weight is 416 g/mol. The summed E-state index contributed by atoms with van der Waals surface area (Å²) in [5, 5.41) is 1.96. The second kappa shape index (κ2) is 6.65. The Labute approximate surface area is 161 Å². The summed E-state index contributed by atoms with van der Waals surface area (Å²) in [6.45, 7) is 2.24. The lowest BCUT2D eigenvalue weighted by Gasteiger charge is -2.18. The van der Waals surface area contributed by atoms with E-state index in [0.717, 1.165) is 41.7 Å². The number of pyridine rings is 1. The lowest BCUT2D eigenvalue weighted by atomic mass is 9.89. The molecule has 3 aromatic rings. The maximum atomic E-state index is 12.8. The maximum Gasteiger partial charge on any atom is 0.417 e. The number of thiophene rings is 1. The van der Waals surface area contributed by atoms with Gasteiger partial charge in [0.1, 0.15) is 21.2 Å². The number of nitrogens with zero attached hydrogens (tertiary/aromatic N) is 3. The van der Waals surface area contributed by atoms with Crippen LogP contribution in [-0.4, -0.2) is 15.0 Å². The number of hydrogen-bond acceptors (Lipinski definition) is 5. The summed E-state index contributed by atoms with van der Waals surface area (Å²) >= 11 is 8.91. The van der Waals surface area contributed by atoms with Crippen molar-refractivity contribution in [2.24, 2.45) is 5.92 Å². The van der Waals surface area contributed by atoms with E-state index in [4.69, 9.17) is 11.6 Å². The predicted molar refractivity (Wildman–Crippen MR) is 97.0 cm³/mol. The normalized spacial score (nSPS) is 17.5. The molecule has 0 bridgehead atoms. The first-order valence-corrected chi connectivity index (χ1v) is 10.00. The zero-order valence-electron chi connectivity index (χ0n) is 13.6. The number of alkyl halides is 3. The molecule has 3 aromatic heterocycles. The van der Waals surface area contributed by atoms with Crippen LogP contribution in [0.1, 0.15) is 29.3 Å². The Kier molecular flexibility index (Phi) is 4.61. The molecule has 3 heterocycles. The van der Waals surface area contributed by atoms with Crippen molar-refractivity contribution in [2.75, 3.05) is 0 Å². The lowest BCUT2D eigenvalue weighted by Crippen LogP contribution is -2.08.